The van der Waals surface area contributed by atoms with Crippen molar-refractivity contribution in [1.29, 1.82) is 0 Å². The lowest BCUT2D eigenvalue weighted by atomic mass is 9.63. The lowest BCUT2D eigenvalue weighted by Gasteiger charge is -2.40. The van der Waals surface area contributed by atoms with Crippen molar-refractivity contribution in [3.8, 4) is 48.9 Å². The quantitative estimate of drug-likeness (QED) is 0.0217. The third-order valence-electron chi connectivity index (χ3n) is 23.4. The summed E-state index contributed by atoms with van der Waals surface area (Å²) in [6.07, 6.45) is 49.7. The summed E-state index contributed by atoms with van der Waals surface area (Å²) in [7, 11) is 0. The van der Waals surface area contributed by atoms with Crippen molar-refractivity contribution in [2.45, 2.75) is 304 Å². The molecule has 0 spiro atoms. The van der Waals surface area contributed by atoms with Crippen molar-refractivity contribution in [3.05, 3.63) is 126 Å². The minimum absolute atomic E-state index is 0.127. The topological polar surface area (TPSA) is 39.9 Å². The minimum atomic E-state index is -0.127. The van der Waals surface area contributed by atoms with E-state index in [9.17, 15) is 0 Å². The number of hydrogen-bond acceptors (Lipinski definition) is 5. The van der Waals surface area contributed by atoms with Gasteiger partial charge in [0, 0.05) is 59.9 Å². The van der Waals surface area contributed by atoms with Gasteiger partial charge in [0.25, 0.3) is 0 Å². The number of aryl methyl sites for hydroxylation is 1. The number of hydrogen-bond donors (Lipinski definition) is 0. The van der Waals surface area contributed by atoms with Gasteiger partial charge in [-0.05, 0) is 137 Å². The summed E-state index contributed by atoms with van der Waals surface area (Å²) < 4.78 is 20.1. The van der Waals surface area contributed by atoms with E-state index >= 15 is 0 Å². The normalized spacial score (nSPS) is 13.7. The third-order valence-corrected chi connectivity index (χ3v) is 25.2. The summed E-state index contributed by atoms with van der Waals surface area (Å²) in [5.74, 6) is 2.22. The lowest BCUT2D eigenvalue weighted by molar-refractivity contribution is 0.224. The van der Waals surface area contributed by atoms with Gasteiger partial charge in [-0.25, -0.2) is 0 Å². The second-order valence-electron chi connectivity index (χ2n) is 30.7. The van der Waals surface area contributed by atoms with E-state index in [1.807, 2.05) is 0 Å². The van der Waals surface area contributed by atoms with Gasteiger partial charge in [0.05, 0.1) is 29.4 Å². The molecule has 0 aliphatic heterocycles. The smallest absolute Gasteiger partial charge is 0.119 e. The molecule has 4 nitrogen and oxygen atoms in total. The zero-order valence-corrected chi connectivity index (χ0v) is 63.5. The molecule has 0 bridgehead atoms. The van der Waals surface area contributed by atoms with Gasteiger partial charge >= 0.3 is 0 Å². The Morgan fingerprint density at radius 2 is 0.867 bits per heavy atom. The van der Waals surface area contributed by atoms with Crippen LogP contribution in [-0.4, -0.2) is 19.9 Å². The van der Waals surface area contributed by atoms with Crippen LogP contribution in [0.3, 0.4) is 0 Å². The van der Waals surface area contributed by atoms with Crippen molar-refractivity contribution < 1.29 is 4.74 Å². The first-order chi connectivity index (χ1) is 48.3. The molecule has 2 unspecified atom stereocenters. The number of ether oxygens (including phenoxy) is 1. The second kappa shape index (κ2) is 35.7. The highest BCUT2D eigenvalue weighted by Gasteiger charge is 2.44. The molecule has 0 saturated carbocycles. The van der Waals surface area contributed by atoms with E-state index in [1.54, 1.807) is 16.5 Å². The Kier molecular flexibility index (Phi) is 26.2. The van der Waals surface area contributed by atoms with Crippen molar-refractivity contribution >= 4 is 88.2 Å². The molecule has 1 aliphatic carbocycles. The first-order valence-corrected chi connectivity index (χ1v) is 42.1. The average molecular weight is 1350 g/mol. The number of thiophene rings is 1. The fourth-order valence-electron chi connectivity index (χ4n) is 17.9. The first kappa shape index (κ1) is 72.0. The van der Waals surface area contributed by atoms with Gasteiger partial charge < -0.3 is 9.30 Å². The predicted molar refractivity (Wildman–Crippen MR) is 432 cm³/mol. The molecule has 3 heterocycles. The molecule has 11 aromatic rings. The molecule has 98 heavy (non-hydrogen) atoms. The minimum Gasteiger partial charge on any atom is -0.493 e. The van der Waals surface area contributed by atoms with Crippen LogP contribution >= 0.6 is 23.1 Å². The zero-order valence-electron chi connectivity index (χ0n) is 61.9. The van der Waals surface area contributed by atoms with E-state index in [0.717, 1.165) is 29.9 Å². The third kappa shape index (κ3) is 16.1. The SMILES string of the molecule is CCCCCCCCC(CCCCCC)COc1ccc(-c2cc3c4c5c2cccc5c2ccc5c6c(cc(c4c62)n3CC(CCCCCC)CCCCCCCC)-c2sc(-c3ccc(-c4ccc(C)cc4)c4nsnc34)cc2C5(CCCCCCCC)CCCCCCCC)cc1. The van der Waals surface area contributed by atoms with Crippen molar-refractivity contribution in [3.63, 3.8) is 0 Å². The Morgan fingerprint density at radius 1 is 0.398 bits per heavy atom. The average Bonchev–Trinajstić information content (AvgIpc) is 1.44. The van der Waals surface area contributed by atoms with Gasteiger partial charge in [0.2, 0.25) is 0 Å². The Balaban J connectivity index is 1.04. The van der Waals surface area contributed by atoms with Gasteiger partial charge in [-0.1, -0.05) is 331 Å². The van der Waals surface area contributed by atoms with Crippen LogP contribution < -0.4 is 4.74 Å². The molecule has 8 aromatic carbocycles. The molecular formula is C92H121N3OS2. The van der Waals surface area contributed by atoms with Gasteiger partial charge in [-0.2, -0.15) is 8.75 Å². The molecule has 2 atom stereocenters. The van der Waals surface area contributed by atoms with E-state index in [2.05, 4.69) is 174 Å². The van der Waals surface area contributed by atoms with Crippen LogP contribution in [-0.2, 0) is 12.0 Å². The van der Waals surface area contributed by atoms with E-state index in [-0.39, 0.29) is 5.41 Å². The molecule has 0 amide bonds. The maximum Gasteiger partial charge on any atom is 0.119 e. The van der Waals surface area contributed by atoms with E-state index in [0.29, 0.717) is 11.8 Å². The Bertz CT molecular complexity index is 4200. The highest BCUT2D eigenvalue weighted by Crippen LogP contribution is 2.61. The highest BCUT2D eigenvalue weighted by atomic mass is 32.1. The fraction of sp³-hybridized carbons (Fsp3) is 0.543. The van der Waals surface area contributed by atoms with Gasteiger partial charge in [-0.15, -0.1) is 11.3 Å². The number of fused-ring (bicyclic) bond motifs is 4. The highest BCUT2D eigenvalue weighted by molar-refractivity contribution is 7.19. The standard InChI is InChI=1S/C92H121N3OS2/c1-8-14-20-26-30-36-42-67(41-34-24-18-12-5)64-95-81-61-77(70-51-53-71(54-52-70)96-65-68(43-35-25-19-13-6)44-37-31-27-21-15-9-2)74-46-40-45-73-75-57-58-79-85-78(62-82(95)88(86(75)85)87(81)84(73)74)91-80(92(79,59-38-32-28-22-16-10-3)60-39-33-29-23-17-11-4)63-83(97-91)76-56-55-72(89-90(76)94-98-93-89)69-49-47-66(7)48-50-69/h40,45-58,61-63,67-68H,8-39,41-44,59-60,64-65H2,1-7H3. The van der Waals surface area contributed by atoms with Crippen molar-refractivity contribution in [1.82, 2.24) is 13.3 Å². The maximum absolute atomic E-state index is 6.85. The molecule has 12 rings (SSSR count). The Labute approximate surface area is 599 Å². The summed E-state index contributed by atoms with van der Waals surface area (Å²) in [6, 6.07) is 44.0. The number of rotatable bonds is 46. The van der Waals surface area contributed by atoms with Crippen molar-refractivity contribution in [2.75, 3.05) is 6.61 Å². The lowest BCUT2D eigenvalue weighted by Crippen LogP contribution is -2.30. The van der Waals surface area contributed by atoms with Crippen LogP contribution in [0.5, 0.6) is 5.75 Å². The molecule has 0 N–H and O–H groups in total. The number of benzene rings is 8. The number of nitrogens with zero attached hydrogens (tertiary/aromatic N) is 3. The van der Waals surface area contributed by atoms with Gasteiger partial charge in [0.1, 0.15) is 16.8 Å². The predicted octanol–water partition coefficient (Wildman–Crippen LogP) is 30.3. The molecule has 0 saturated heterocycles. The summed E-state index contributed by atoms with van der Waals surface area (Å²) in [5, 5.41) is 11.7. The summed E-state index contributed by atoms with van der Waals surface area (Å²) in [4.78, 5) is 2.83. The van der Waals surface area contributed by atoms with E-state index < -0.39 is 0 Å². The largest absolute Gasteiger partial charge is 0.493 e. The summed E-state index contributed by atoms with van der Waals surface area (Å²) >= 11 is 3.44. The van der Waals surface area contributed by atoms with E-state index in [4.69, 9.17) is 13.5 Å². The van der Waals surface area contributed by atoms with Crippen molar-refractivity contribution in [2.24, 2.45) is 11.8 Å². The van der Waals surface area contributed by atoms with Crippen LogP contribution in [0.15, 0.2) is 109 Å². The van der Waals surface area contributed by atoms with Gasteiger partial charge in [0.15, 0.2) is 0 Å². The van der Waals surface area contributed by atoms with Crippen LogP contribution in [0.4, 0.5) is 0 Å². The molecule has 3 aromatic heterocycles. The van der Waals surface area contributed by atoms with Crippen LogP contribution in [0.2, 0.25) is 0 Å². The Morgan fingerprint density at radius 3 is 1.46 bits per heavy atom. The second-order valence-corrected chi connectivity index (χ2v) is 32.3. The molecule has 0 radical (unpaired) electrons. The maximum atomic E-state index is 6.85. The summed E-state index contributed by atoms with van der Waals surface area (Å²) in [5.41, 5.74) is 16.9. The monoisotopic (exact) mass is 1350 g/mol. The molecule has 1 aliphatic rings. The Hall–Kier alpha value is -5.82. The van der Waals surface area contributed by atoms with Crippen LogP contribution in [0.25, 0.3) is 108 Å². The molecular weight excluding hydrogens is 1230 g/mol. The number of aromatic nitrogens is 3. The van der Waals surface area contributed by atoms with Crippen LogP contribution in [0.1, 0.15) is 302 Å². The summed E-state index contributed by atoms with van der Waals surface area (Å²) in [6.45, 7) is 18.1. The molecule has 6 heteroatoms. The molecule has 522 valence electrons. The zero-order chi connectivity index (χ0) is 67.6. The van der Waals surface area contributed by atoms with E-state index in [1.165, 1.54) is 353 Å². The number of unbranched alkanes of at least 4 members (excludes halogenated alkanes) is 26. The molecule has 0 fully saturated rings. The van der Waals surface area contributed by atoms with Gasteiger partial charge in [-0.3, -0.25) is 0 Å². The fourth-order valence-corrected chi connectivity index (χ4v) is 19.7. The first-order valence-electron chi connectivity index (χ1n) is 40.6. The van der Waals surface area contributed by atoms with Crippen LogP contribution in [0, 0.1) is 18.8 Å².